The van der Waals surface area contributed by atoms with Crippen LogP contribution in [0.15, 0.2) is 12.2 Å². The minimum absolute atomic E-state index is 0.0650. The Bertz CT molecular complexity index is 962. The quantitative estimate of drug-likeness (QED) is 0.0262. The molecule has 0 amide bonds. The van der Waals surface area contributed by atoms with Gasteiger partial charge in [-0.1, -0.05) is 258 Å². The Morgan fingerprint density at radius 1 is 0.306 bits per heavy atom. The predicted octanol–water partition coefficient (Wildman–Crippen LogP) is 18.2. The Hall–Kier alpha value is -1.85. The third kappa shape index (κ3) is 49.2. The molecule has 0 radical (unpaired) electrons. The van der Waals surface area contributed by atoms with Gasteiger partial charge in [-0.2, -0.15) is 0 Å². The van der Waals surface area contributed by atoms with E-state index in [0.29, 0.717) is 19.3 Å². The number of carbonyl (C=O) groups excluding carboxylic acids is 3. The van der Waals surface area contributed by atoms with Crippen molar-refractivity contribution in [3.8, 4) is 0 Å². The van der Waals surface area contributed by atoms with Crippen LogP contribution in [-0.2, 0) is 28.6 Å². The summed E-state index contributed by atoms with van der Waals surface area (Å²) in [4.78, 5) is 37.9. The molecule has 0 aliphatic heterocycles. The molecule has 1 unspecified atom stereocenters. The highest BCUT2D eigenvalue weighted by Crippen LogP contribution is 2.16. The Balaban J connectivity index is 4.15. The minimum Gasteiger partial charge on any atom is -0.462 e. The molecule has 0 saturated carbocycles. The summed E-state index contributed by atoms with van der Waals surface area (Å²) in [5, 5.41) is 0. The number of carbonyl (C=O) groups is 3. The van der Waals surface area contributed by atoms with Crippen LogP contribution in [-0.4, -0.2) is 37.2 Å². The molecule has 0 aromatic heterocycles. The molecule has 0 fully saturated rings. The fourth-order valence-corrected chi connectivity index (χ4v) is 8.32. The van der Waals surface area contributed by atoms with E-state index in [4.69, 9.17) is 14.2 Å². The molecule has 6 heteroatoms. The van der Waals surface area contributed by atoms with Gasteiger partial charge in [0.05, 0.1) is 0 Å². The zero-order valence-corrected chi connectivity index (χ0v) is 41.9. The molecule has 6 nitrogen and oxygen atoms in total. The van der Waals surface area contributed by atoms with Crippen LogP contribution in [0.3, 0.4) is 0 Å². The van der Waals surface area contributed by atoms with E-state index in [-0.39, 0.29) is 31.1 Å². The fourth-order valence-electron chi connectivity index (χ4n) is 8.32. The number of rotatable bonds is 51. The van der Waals surface area contributed by atoms with Crippen molar-refractivity contribution < 1.29 is 28.6 Å². The van der Waals surface area contributed by atoms with Crippen LogP contribution in [0.2, 0.25) is 0 Å². The molecular formula is C56H106O6. The summed E-state index contributed by atoms with van der Waals surface area (Å²) < 4.78 is 16.8. The van der Waals surface area contributed by atoms with Gasteiger partial charge in [-0.05, 0) is 44.9 Å². The largest absolute Gasteiger partial charge is 0.462 e. The smallest absolute Gasteiger partial charge is 0.306 e. The fraction of sp³-hybridized carbons (Fsp3) is 0.911. The molecule has 1 atom stereocenters. The third-order valence-electron chi connectivity index (χ3n) is 12.5. The Kier molecular flexibility index (Phi) is 50.2. The van der Waals surface area contributed by atoms with Crippen LogP contribution >= 0.6 is 0 Å². The molecule has 0 spiro atoms. The van der Waals surface area contributed by atoms with E-state index in [1.54, 1.807) is 0 Å². The maximum absolute atomic E-state index is 12.8. The van der Waals surface area contributed by atoms with Crippen LogP contribution in [0.5, 0.6) is 0 Å². The normalized spacial score (nSPS) is 12.0. The maximum atomic E-state index is 12.8. The van der Waals surface area contributed by atoms with E-state index in [1.165, 1.54) is 212 Å². The number of hydrogen-bond acceptors (Lipinski definition) is 6. The average molecular weight is 875 g/mol. The molecule has 0 saturated heterocycles. The number of allylic oxidation sites excluding steroid dienone is 2. The van der Waals surface area contributed by atoms with Gasteiger partial charge in [-0.25, -0.2) is 0 Å². The molecule has 0 aromatic carbocycles. The van der Waals surface area contributed by atoms with E-state index in [1.807, 2.05) is 0 Å². The number of esters is 3. The lowest BCUT2D eigenvalue weighted by Gasteiger charge is -2.18. The standard InChI is InChI=1S/C56H106O6/c1-4-7-10-13-16-19-21-23-24-25-26-27-28-29-30-31-32-33-35-37-40-43-46-49-55(58)61-52-53(51-60-54(57)48-45-42-39-36-18-15-12-9-6-3)62-56(59)50-47-44-41-38-34-22-20-17-14-11-8-5-2/h25-26,53H,4-24,27-52H2,1-3H3/b26-25-. The second kappa shape index (κ2) is 51.8. The highest BCUT2D eigenvalue weighted by molar-refractivity contribution is 5.71. The molecule has 62 heavy (non-hydrogen) atoms. The van der Waals surface area contributed by atoms with E-state index >= 15 is 0 Å². The molecular weight excluding hydrogens is 769 g/mol. The van der Waals surface area contributed by atoms with Crippen molar-refractivity contribution in [2.45, 2.75) is 316 Å². The second-order valence-electron chi connectivity index (χ2n) is 18.9. The molecule has 0 bridgehead atoms. The van der Waals surface area contributed by atoms with Crippen LogP contribution in [0.4, 0.5) is 0 Å². The maximum Gasteiger partial charge on any atom is 0.306 e. The van der Waals surface area contributed by atoms with E-state index in [9.17, 15) is 14.4 Å². The summed E-state index contributed by atoms with van der Waals surface area (Å²) in [6, 6.07) is 0. The molecule has 0 aromatic rings. The van der Waals surface area contributed by atoms with Crippen LogP contribution in [0.1, 0.15) is 310 Å². The summed E-state index contributed by atoms with van der Waals surface area (Å²) in [5.41, 5.74) is 0. The lowest BCUT2D eigenvalue weighted by Crippen LogP contribution is -2.30. The van der Waals surface area contributed by atoms with Crippen molar-refractivity contribution in [3.63, 3.8) is 0 Å². The SMILES string of the molecule is CCCCCCCCCC/C=C\CCCCCCCCCCCCCC(=O)OCC(COC(=O)CCCCCCCCCCC)OC(=O)CCCCCCCCCCCCCC. The highest BCUT2D eigenvalue weighted by atomic mass is 16.6. The van der Waals surface area contributed by atoms with Crippen molar-refractivity contribution in [2.75, 3.05) is 13.2 Å². The molecule has 0 rings (SSSR count). The first-order valence-corrected chi connectivity index (χ1v) is 27.7. The Labute approximate surface area is 386 Å². The molecule has 0 aliphatic carbocycles. The van der Waals surface area contributed by atoms with Gasteiger partial charge in [-0.3, -0.25) is 14.4 Å². The van der Waals surface area contributed by atoms with Gasteiger partial charge >= 0.3 is 17.9 Å². The van der Waals surface area contributed by atoms with E-state index < -0.39 is 6.10 Å². The second-order valence-corrected chi connectivity index (χ2v) is 18.9. The van der Waals surface area contributed by atoms with Gasteiger partial charge in [0.25, 0.3) is 0 Å². The van der Waals surface area contributed by atoms with Gasteiger partial charge in [0.2, 0.25) is 0 Å². The number of ether oxygens (including phenoxy) is 3. The minimum atomic E-state index is -0.762. The highest BCUT2D eigenvalue weighted by Gasteiger charge is 2.19. The van der Waals surface area contributed by atoms with Crippen molar-refractivity contribution >= 4 is 17.9 Å². The zero-order chi connectivity index (χ0) is 45.1. The predicted molar refractivity (Wildman–Crippen MR) is 266 cm³/mol. The van der Waals surface area contributed by atoms with Gasteiger partial charge < -0.3 is 14.2 Å². The van der Waals surface area contributed by atoms with Crippen molar-refractivity contribution in [1.82, 2.24) is 0 Å². The summed E-state index contributed by atoms with van der Waals surface area (Å²) in [6.07, 6.45) is 57.8. The van der Waals surface area contributed by atoms with Crippen LogP contribution in [0.25, 0.3) is 0 Å². The lowest BCUT2D eigenvalue weighted by molar-refractivity contribution is -0.167. The number of hydrogen-bond donors (Lipinski definition) is 0. The van der Waals surface area contributed by atoms with Crippen molar-refractivity contribution in [2.24, 2.45) is 0 Å². The van der Waals surface area contributed by atoms with Gasteiger partial charge in [0.1, 0.15) is 13.2 Å². The van der Waals surface area contributed by atoms with Gasteiger partial charge in [-0.15, -0.1) is 0 Å². The average Bonchev–Trinajstić information content (AvgIpc) is 3.27. The number of unbranched alkanes of at least 4 members (excludes halogenated alkanes) is 38. The van der Waals surface area contributed by atoms with Gasteiger partial charge in [0.15, 0.2) is 6.10 Å². The Morgan fingerprint density at radius 2 is 0.532 bits per heavy atom. The molecule has 0 aliphatic rings. The summed E-state index contributed by atoms with van der Waals surface area (Å²) in [5.74, 6) is -0.851. The first kappa shape index (κ1) is 60.2. The Morgan fingerprint density at radius 3 is 0.806 bits per heavy atom. The lowest BCUT2D eigenvalue weighted by atomic mass is 10.0. The molecule has 0 heterocycles. The van der Waals surface area contributed by atoms with E-state index in [0.717, 1.165) is 57.8 Å². The van der Waals surface area contributed by atoms with Crippen LogP contribution < -0.4 is 0 Å². The first-order valence-electron chi connectivity index (χ1n) is 27.7. The molecule has 0 N–H and O–H groups in total. The first-order chi connectivity index (χ1) is 30.5. The summed E-state index contributed by atoms with van der Waals surface area (Å²) >= 11 is 0. The third-order valence-corrected chi connectivity index (χ3v) is 12.5. The monoisotopic (exact) mass is 875 g/mol. The van der Waals surface area contributed by atoms with Crippen LogP contribution in [0, 0.1) is 0 Å². The zero-order valence-electron chi connectivity index (χ0n) is 41.9. The van der Waals surface area contributed by atoms with Crippen molar-refractivity contribution in [3.05, 3.63) is 12.2 Å². The molecule has 366 valence electrons. The topological polar surface area (TPSA) is 78.9 Å². The van der Waals surface area contributed by atoms with E-state index in [2.05, 4.69) is 32.9 Å². The van der Waals surface area contributed by atoms with Gasteiger partial charge in [0, 0.05) is 19.3 Å². The summed E-state index contributed by atoms with van der Waals surface area (Å²) in [7, 11) is 0. The van der Waals surface area contributed by atoms with Crippen molar-refractivity contribution in [1.29, 1.82) is 0 Å². The summed E-state index contributed by atoms with van der Waals surface area (Å²) in [6.45, 7) is 6.65.